The summed E-state index contributed by atoms with van der Waals surface area (Å²) in [4.78, 5) is 14.8. The van der Waals surface area contributed by atoms with Gasteiger partial charge in [0.2, 0.25) is 5.91 Å². The molecule has 2 heterocycles. The number of hydrogen-bond donors (Lipinski definition) is 1. The Morgan fingerprint density at radius 2 is 2.25 bits per heavy atom. The van der Waals surface area contributed by atoms with Crippen molar-refractivity contribution in [2.75, 3.05) is 18.5 Å². The second-order valence-electron chi connectivity index (χ2n) is 5.02. The van der Waals surface area contributed by atoms with E-state index in [4.69, 9.17) is 0 Å². The average Bonchev–Trinajstić information content (AvgIpc) is 3.06. The quantitative estimate of drug-likeness (QED) is 0.937. The van der Waals surface area contributed by atoms with Crippen molar-refractivity contribution >= 4 is 22.9 Å². The first-order valence-electron chi connectivity index (χ1n) is 6.87. The van der Waals surface area contributed by atoms with Crippen molar-refractivity contribution in [1.29, 1.82) is 0 Å². The van der Waals surface area contributed by atoms with Gasteiger partial charge in [0.15, 0.2) is 0 Å². The molecule has 2 aromatic rings. The van der Waals surface area contributed by atoms with Crippen molar-refractivity contribution < 1.29 is 4.79 Å². The molecule has 1 aliphatic rings. The zero-order chi connectivity index (χ0) is 14.1. The molecule has 104 valence electrons. The standard InChI is InChI=1S/C16H18N2OS/c1-3-17-16(14-5-4-8-20-14)11-6-7-13-12(9-11)10-15(19)18(13)2/h4-9,16-17H,3,10H2,1-2H3. The Morgan fingerprint density at radius 1 is 1.40 bits per heavy atom. The number of anilines is 1. The number of carbonyl (C=O) groups excluding carboxylic acids is 1. The second kappa shape index (κ2) is 5.38. The molecule has 1 unspecified atom stereocenters. The highest BCUT2D eigenvalue weighted by Crippen LogP contribution is 2.33. The van der Waals surface area contributed by atoms with Gasteiger partial charge in [0.05, 0.1) is 12.5 Å². The van der Waals surface area contributed by atoms with Crippen LogP contribution in [0.5, 0.6) is 0 Å². The van der Waals surface area contributed by atoms with E-state index in [1.54, 1.807) is 16.2 Å². The third kappa shape index (κ3) is 2.25. The molecule has 0 radical (unpaired) electrons. The Hall–Kier alpha value is -1.65. The fourth-order valence-electron chi connectivity index (χ4n) is 2.71. The second-order valence-corrected chi connectivity index (χ2v) is 6.00. The van der Waals surface area contributed by atoms with Crippen molar-refractivity contribution in [1.82, 2.24) is 5.32 Å². The lowest BCUT2D eigenvalue weighted by Crippen LogP contribution is -2.21. The molecule has 4 heteroatoms. The van der Waals surface area contributed by atoms with Crippen LogP contribution in [0.25, 0.3) is 0 Å². The van der Waals surface area contributed by atoms with Crippen LogP contribution in [0.2, 0.25) is 0 Å². The van der Waals surface area contributed by atoms with Crippen LogP contribution in [-0.4, -0.2) is 19.5 Å². The van der Waals surface area contributed by atoms with E-state index in [0.29, 0.717) is 6.42 Å². The van der Waals surface area contributed by atoms with Gasteiger partial charge in [0, 0.05) is 17.6 Å². The molecular formula is C16H18N2OS. The van der Waals surface area contributed by atoms with Crippen LogP contribution in [0.1, 0.15) is 29.0 Å². The molecule has 3 rings (SSSR count). The monoisotopic (exact) mass is 286 g/mol. The van der Waals surface area contributed by atoms with Crippen LogP contribution >= 0.6 is 11.3 Å². The van der Waals surface area contributed by atoms with Gasteiger partial charge in [-0.2, -0.15) is 0 Å². The normalized spacial score (nSPS) is 15.5. The highest BCUT2D eigenvalue weighted by Gasteiger charge is 2.25. The number of likely N-dealkylation sites (N-methyl/N-ethyl adjacent to an activating group) is 1. The summed E-state index contributed by atoms with van der Waals surface area (Å²) in [6.45, 7) is 3.03. The molecule has 1 atom stereocenters. The topological polar surface area (TPSA) is 32.3 Å². The van der Waals surface area contributed by atoms with E-state index in [2.05, 4.69) is 48.0 Å². The highest BCUT2D eigenvalue weighted by molar-refractivity contribution is 7.10. The number of rotatable bonds is 4. The fraction of sp³-hybridized carbons (Fsp3) is 0.312. The van der Waals surface area contributed by atoms with E-state index in [-0.39, 0.29) is 11.9 Å². The molecule has 1 N–H and O–H groups in total. The molecule has 0 fully saturated rings. The third-order valence-electron chi connectivity index (χ3n) is 3.75. The van der Waals surface area contributed by atoms with Crippen LogP contribution in [0.4, 0.5) is 5.69 Å². The van der Waals surface area contributed by atoms with Crippen LogP contribution in [-0.2, 0) is 11.2 Å². The maximum atomic E-state index is 11.8. The van der Waals surface area contributed by atoms with Gasteiger partial charge in [0.1, 0.15) is 0 Å². The van der Waals surface area contributed by atoms with Crippen LogP contribution in [0, 0.1) is 0 Å². The van der Waals surface area contributed by atoms with Gasteiger partial charge >= 0.3 is 0 Å². The smallest absolute Gasteiger partial charge is 0.231 e. The zero-order valence-corrected chi connectivity index (χ0v) is 12.5. The number of nitrogens with zero attached hydrogens (tertiary/aromatic N) is 1. The first-order chi connectivity index (χ1) is 9.70. The minimum Gasteiger partial charge on any atom is -0.315 e. The van der Waals surface area contributed by atoms with E-state index < -0.39 is 0 Å². The summed E-state index contributed by atoms with van der Waals surface area (Å²) in [5, 5.41) is 5.63. The van der Waals surface area contributed by atoms with E-state index in [9.17, 15) is 4.79 Å². The Bertz CT molecular complexity index is 621. The van der Waals surface area contributed by atoms with Crippen molar-refractivity contribution in [2.24, 2.45) is 0 Å². The number of thiophene rings is 1. The summed E-state index contributed by atoms with van der Waals surface area (Å²) in [6.07, 6.45) is 0.517. The lowest BCUT2D eigenvalue weighted by Gasteiger charge is -2.18. The van der Waals surface area contributed by atoms with Crippen LogP contribution < -0.4 is 10.2 Å². The SMILES string of the molecule is CCNC(c1ccc2c(c1)CC(=O)N2C)c1cccs1. The molecule has 1 aromatic heterocycles. The Kier molecular flexibility index (Phi) is 3.59. The predicted molar refractivity (Wildman–Crippen MR) is 83.4 cm³/mol. The molecule has 0 aliphatic carbocycles. The van der Waals surface area contributed by atoms with E-state index >= 15 is 0 Å². The number of carbonyl (C=O) groups is 1. The van der Waals surface area contributed by atoms with Crippen molar-refractivity contribution in [3.8, 4) is 0 Å². The number of amides is 1. The number of hydrogen-bond acceptors (Lipinski definition) is 3. The number of nitrogens with one attached hydrogen (secondary N) is 1. The van der Waals surface area contributed by atoms with Gasteiger partial charge in [-0.1, -0.05) is 25.1 Å². The predicted octanol–water partition coefficient (Wildman–Crippen LogP) is 2.97. The lowest BCUT2D eigenvalue weighted by molar-refractivity contribution is -0.117. The Labute approximate surface area is 123 Å². The molecule has 0 saturated carbocycles. The average molecular weight is 286 g/mol. The first kappa shape index (κ1) is 13.3. The van der Waals surface area contributed by atoms with Gasteiger partial charge in [-0.25, -0.2) is 0 Å². The molecule has 1 aliphatic heterocycles. The Balaban J connectivity index is 1.97. The van der Waals surface area contributed by atoms with E-state index in [0.717, 1.165) is 17.8 Å². The van der Waals surface area contributed by atoms with Crippen LogP contribution in [0.15, 0.2) is 35.7 Å². The van der Waals surface area contributed by atoms with Crippen molar-refractivity contribution in [3.63, 3.8) is 0 Å². The molecule has 0 bridgehead atoms. The van der Waals surface area contributed by atoms with Crippen LogP contribution in [0.3, 0.4) is 0 Å². The lowest BCUT2D eigenvalue weighted by atomic mass is 10.0. The zero-order valence-electron chi connectivity index (χ0n) is 11.7. The van der Waals surface area contributed by atoms with Crippen molar-refractivity contribution in [3.05, 3.63) is 51.7 Å². The summed E-state index contributed by atoms with van der Waals surface area (Å²) in [5.41, 5.74) is 3.41. The summed E-state index contributed by atoms with van der Waals surface area (Å²) >= 11 is 1.76. The van der Waals surface area contributed by atoms with E-state index in [1.165, 1.54) is 10.4 Å². The fourth-order valence-corrected chi connectivity index (χ4v) is 3.54. The van der Waals surface area contributed by atoms with Gasteiger partial charge in [0.25, 0.3) is 0 Å². The van der Waals surface area contributed by atoms with Gasteiger partial charge in [-0.05, 0) is 35.2 Å². The summed E-state index contributed by atoms with van der Waals surface area (Å²) in [6, 6.07) is 10.8. The summed E-state index contributed by atoms with van der Waals surface area (Å²) < 4.78 is 0. The maximum absolute atomic E-state index is 11.8. The molecule has 1 aromatic carbocycles. The minimum absolute atomic E-state index is 0.174. The number of benzene rings is 1. The molecule has 3 nitrogen and oxygen atoms in total. The van der Waals surface area contributed by atoms with E-state index in [1.807, 2.05) is 7.05 Å². The van der Waals surface area contributed by atoms with Gasteiger partial charge in [-0.15, -0.1) is 11.3 Å². The summed E-state index contributed by atoms with van der Waals surface area (Å²) in [5.74, 6) is 0.174. The van der Waals surface area contributed by atoms with Gasteiger partial charge < -0.3 is 10.2 Å². The molecule has 1 amide bonds. The molecule has 0 saturated heterocycles. The molecular weight excluding hydrogens is 268 g/mol. The summed E-state index contributed by atoms with van der Waals surface area (Å²) in [7, 11) is 1.84. The third-order valence-corrected chi connectivity index (χ3v) is 4.69. The van der Waals surface area contributed by atoms with Gasteiger partial charge in [-0.3, -0.25) is 4.79 Å². The Morgan fingerprint density at radius 3 is 2.95 bits per heavy atom. The largest absolute Gasteiger partial charge is 0.315 e. The molecule has 0 spiro atoms. The maximum Gasteiger partial charge on any atom is 0.231 e. The number of fused-ring (bicyclic) bond motifs is 1. The minimum atomic E-state index is 0.174. The highest BCUT2D eigenvalue weighted by atomic mass is 32.1. The molecule has 20 heavy (non-hydrogen) atoms. The first-order valence-corrected chi connectivity index (χ1v) is 7.75. The van der Waals surface area contributed by atoms with Crippen molar-refractivity contribution in [2.45, 2.75) is 19.4 Å².